The highest BCUT2D eigenvalue weighted by Gasteiger charge is 1.94. The predicted molar refractivity (Wildman–Crippen MR) is 48.1 cm³/mol. The fourth-order valence-electron chi connectivity index (χ4n) is 0.904. The lowest BCUT2D eigenvalue weighted by Crippen LogP contribution is -2.19. The van der Waals surface area contributed by atoms with Gasteiger partial charge in [-0.05, 0) is 17.7 Å². The van der Waals surface area contributed by atoms with E-state index in [4.69, 9.17) is 5.73 Å². The number of anilines is 1. The SMILES string of the molecule is [CH2]C(=O)NCc1cccc(N)c1. The van der Waals surface area contributed by atoms with Crippen LogP contribution >= 0.6 is 0 Å². The molecule has 0 saturated carbocycles. The number of hydrogen-bond acceptors (Lipinski definition) is 2. The number of carbonyl (C=O) groups excluding carboxylic acids is 1. The molecule has 3 nitrogen and oxygen atoms in total. The average molecular weight is 163 g/mol. The second kappa shape index (κ2) is 3.76. The quantitative estimate of drug-likeness (QED) is 0.631. The van der Waals surface area contributed by atoms with Crippen LogP contribution in [0.5, 0.6) is 0 Å². The van der Waals surface area contributed by atoms with E-state index in [0.29, 0.717) is 12.2 Å². The zero-order valence-electron chi connectivity index (χ0n) is 6.71. The minimum absolute atomic E-state index is 0.280. The highest BCUT2D eigenvalue weighted by molar-refractivity contribution is 5.79. The maximum absolute atomic E-state index is 10.4. The van der Waals surface area contributed by atoms with Gasteiger partial charge in [-0.1, -0.05) is 12.1 Å². The van der Waals surface area contributed by atoms with E-state index >= 15 is 0 Å². The van der Waals surface area contributed by atoms with Crippen molar-refractivity contribution in [3.05, 3.63) is 36.8 Å². The Labute approximate surface area is 71.6 Å². The zero-order valence-corrected chi connectivity index (χ0v) is 6.71. The molecule has 0 aromatic heterocycles. The summed E-state index contributed by atoms with van der Waals surface area (Å²) in [5, 5.41) is 2.58. The van der Waals surface area contributed by atoms with E-state index in [2.05, 4.69) is 12.2 Å². The minimum Gasteiger partial charge on any atom is -0.399 e. The van der Waals surface area contributed by atoms with Crippen molar-refractivity contribution in [2.75, 3.05) is 5.73 Å². The first kappa shape index (κ1) is 8.59. The molecule has 0 atom stereocenters. The van der Waals surface area contributed by atoms with Crippen molar-refractivity contribution in [2.24, 2.45) is 0 Å². The number of nitrogen functional groups attached to an aromatic ring is 1. The summed E-state index contributed by atoms with van der Waals surface area (Å²) in [5.74, 6) is -0.280. The van der Waals surface area contributed by atoms with Crippen LogP contribution in [0, 0.1) is 6.92 Å². The third-order valence-corrected chi connectivity index (χ3v) is 1.44. The van der Waals surface area contributed by atoms with Gasteiger partial charge in [-0.25, -0.2) is 0 Å². The van der Waals surface area contributed by atoms with Gasteiger partial charge in [0.2, 0.25) is 5.91 Å². The van der Waals surface area contributed by atoms with Gasteiger partial charge in [0.1, 0.15) is 0 Å². The number of benzene rings is 1. The van der Waals surface area contributed by atoms with Crippen molar-refractivity contribution in [1.29, 1.82) is 0 Å². The molecule has 12 heavy (non-hydrogen) atoms. The smallest absolute Gasteiger partial charge is 0.220 e. The third kappa shape index (κ3) is 2.62. The molecule has 0 heterocycles. The molecule has 0 spiro atoms. The number of nitrogens with two attached hydrogens (primary N) is 1. The molecule has 1 aromatic carbocycles. The summed E-state index contributed by atoms with van der Waals surface area (Å²) in [7, 11) is 0. The number of hydrogen-bond donors (Lipinski definition) is 2. The summed E-state index contributed by atoms with van der Waals surface area (Å²) in [6.45, 7) is 3.67. The molecule has 3 heteroatoms. The maximum atomic E-state index is 10.4. The Hall–Kier alpha value is -1.51. The summed E-state index contributed by atoms with van der Waals surface area (Å²) >= 11 is 0. The largest absolute Gasteiger partial charge is 0.399 e. The molecule has 0 unspecified atom stereocenters. The lowest BCUT2D eigenvalue weighted by molar-refractivity contribution is -0.116. The fraction of sp³-hybridized carbons (Fsp3) is 0.111. The van der Waals surface area contributed by atoms with Crippen LogP contribution in [0.25, 0.3) is 0 Å². The predicted octanol–water partition coefficient (Wildman–Crippen LogP) is 0.719. The molecular formula is C9H11N2O. The van der Waals surface area contributed by atoms with E-state index in [1.54, 1.807) is 6.07 Å². The summed E-state index contributed by atoms with van der Waals surface area (Å²) in [4.78, 5) is 10.4. The number of nitrogens with one attached hydrogen (secondary N) is 1. The third-order valence-electron chi connectivity index (χ3n) is 1.44. The normalized spacial score (nSPS) is 9.42. The maximum Gasteiger partial charge on any atom is 0.220 e. The summed E-state index contributed by atoms with van der Waals surface area (Å²) in [5.41, 5.74) is 7.22. The van der Waals surface area contributed by atoms with Crippen LogP contribution in [-0.4, -0.2) is 5.91 Å². The first-order valence-electron chi connectivity index (χ1n) is 3.62. The molecule has 0 saturated heterocycles. The minimum atomic E-state index is -0.280. The Morgan fingerprint density at radius 3 is 2.92 bits per heavy atom. The van der Waals surface area contributed by atoms with Gasteiger partial charge in [0.25, 0.3) is 0 Å². The summed E-state index contributed by atoms with van der Waals surface area (Å²) in [6, 6.07) is 7.36. The fourth-order valence-corrected chi connectivity index (χ4v) is 0.904. The topological polar surface area (TPSA) is 55.1 Å². The van der Waals surface area contributed by atoms with Gasteiger partial charge in [-0.15, -0.1) is 0 Å². The lowest BCUT2D eigenvalue weighted by Gasteiger charge is -2.02. The summed E-state index contributed by atoms with van der Waals surface area (Å²) in [6.07, 6.45) is 0. The number of amides is 1. The van der Waals surface area contributed by atoms with E-state index < -0.39 is 0 Å². The second-order valence-corrected chi connectivity index (χ2v) is 2.52. The Morgan fingerprint density at radius 1 is 1.58 bits per heavy atom. The van der Waals surface area contributed by atoms with Gasteiger partial charge >= 0.3 is 0 Å². The molecule has 3 N–H and O–H groups in total. The van der Waals surface area contributed by atoms with Gasteiger partial charge < -0.3 is 11.1 Å². The van der Waals surface area contributed by atoms with Crippen LogP contribution in [-0.2, 0) is 11.3 Å². The van der Waals surface area contributed by atoms with E-state index in [1.165, 1.54) is 0 Å². The molecule has 0 fully saturated rings. The van der Waals surface area contributed by atoms with Gasteiger partial charge in [0.15, 0.2) is 0 Å². The van der Waals surface area contributed by atoms with Crippen LogP contribution in [0.4, 0.5) is 5.69 Å². The van der Waals surface area contributed by atoms with Crippen molar-refractivity contribution >= 4 is 11.6 Å². The molecule has 1 aromatic rings. The molecule has 0 aliphatic heterocycles. The van der Waals surface area contributed by atoms with Gasteiger partial charge in [0.05, 0.1) is 0 Å². The molecule has 63 valence electrons. The van der Waals surface area contributed by atoms with Gasteiger partial charge in [-0.3, -0.25) is 4.79 Å². The van der Waals surface area contributed by atoms with Crippen molar-refractivity contribution < 1.29 is 4.79 Å². The van der Waals surface area contributed by atoms with E-state index in [-0.39, 0.29) is 5.91 Å². The second-order valence-electron chi connectivity index (χ2n) is 2.52. The van der Waals surface area contributed by atoms with Crippen molar-refractivity contribution in [1.82, 2.24) is 5.32 Å². The molecular weight excluding hydrogens is 152 g/mol. The molecule has 1 radical (unpaired) electrons. The Bertz CT molecular complexity index is 284. The monoisotopic (exact) mass is 163 g/mol. The first-order chi connectivity index (χ1) is 5.68. The number of rotatable bonds is 2. The highest BCUT2D eigenvalue weighted by Crippen LogP contribution is 2.05. The van der Waals surface area contributed by atoms with E-state index in [9.17, 15) is 4.79 Å². The van der Waals surface area contributed by atoms with Crippen LogP contribution in [0.1, 0.15) is 5.56 Å². The van der Waals surface area contributed by atoms with Gasteiger partial charge in [-0.2, -0.15) is 0 Å². The van der Waals surface area contributed by atoms with E-state index in [1.807, 2.05) is 18.2 Å². The Kier molecular flexibility index (Phi) is 2.69. The van der Waals surface area contributed by atoms with Gasteiger partial charge in [0, 0.05) is 19.2 Å². The van der Waals surface area contributed by atoms with Crippen molar-refractivity contribution in [2.45, 2.75) is 6.54 Å². The van der Waals surface area contributed by atoms with E-state index in [0.717, 1.165) is 5.56 Å². The summed E-state index contributed by atoms with van der Waals surface area (Å²) < 4.78 is 0. The molecule has 0 bridgehead atoms. The van der Waals surface area contributed by atoms with Crippen LogP contribution < -0.4 is 11.1 Å². The molecule has 0 aliphatic carbocycles. The molecule has 0 aliphatic rings. The average Bonchev–Trinajstić information content (AvgIpc) is 2.01. The highest BCUT2D eigenvalue weighted by atomic mass is 16.1. The molecule has 1 amide bonds. The van der Waals surface area contributed by atoms with Crippen molar-refractivity contribution in [3.63, 3.8) is 0 Å². The zero-order chi connectivity index (χ0) is 8.97. The van der Waals surface area contributed by atoms with Crippen LogP contribution in [0.15, 0.2) is 24.3 Å². The first-order valence-corrected chi connectivity index (χ1v) is 3.62. The molecule has 1 rings (SSSR count). The lowest BCUT2D eigenvalue weighted by atomic mass is 10.2. The Balaban J connectivity index is 2.57. The standard InChI is InChI=1S/C9H11N2O/c1-7(12)11-6-8-3-2-4-9(10)5-8/h2-5H,1,6,10H2,(H,11,12). The Morgan fingerprint density at radius 2 is 2.33 bits per heavy atom. The van der Waals surface area contributed by atoms with Crippen LogP contribution in [0.3, 0.4) is 0 Å². The van der Waals surface area contributed by atoms with Crippen LogP contribution in [0.2, 0.25) is 0 Å². The number of carbonyl (C=O) groups is 1. The van der Waals surface area contributed by atoms with Crippen molar-refractivity contribution in [3.8, 4) is 0 Å².